The monoisotopic (exact) mass is 283 g/mol. The predicted molar refractivity (Wildman–Crippen MR) is 90.8 cm³/mol. The van der Waals surface area contributed by atoms with E-state index in [1.165, 1.54) is 22.0 Å². The summed E-state index contributed by atoms with van der Waals surface area (Å²) in [6, 6.07) is 13.7. The highest BCUT2D eigenvalue weighted by atomic mass is 15.3. The number of hydrogen-bond acceptors (Lipinski definition) is 3. The Morgan fingerprint density at radius 1 is 0.952 bits per heavy atom. The normalized spacial score (nSPS) is 16.9. The first-order valence-electron chi connectivity index (χ1n) is 7.90. The van der Waals surface area contributed by atoms with Gasteiger partial charge in [0.2, 0.25) is 0 Å². The van der Waals surface area contributed by atoms with Crippen LogP contribution >= 0.6 is 0 Å². The molecule has 2 N–H and O–H groups in total. The topological polar surface area (TPSA) is 32.5 Å². The standard InChI is InChI=1S/C18H25N3/c1-14(2)20-9-11-21(12-10-20)18-8-7-15(13-19)16-5-3-4-6-17(16)18/h3-8,14H,9-13,19H2,1-2H3. The smallest absolute Gasteiger partial charge is 0.0447 e. The van der Waals surface area contributed by atoms with Gasteiger partial charge in [-0.15, -0.1) is 0 Å². The van der Waals surface area contributed by atoms with E-state index in [-0.39, 0.29) is 0 Å². The van der Waals surface area contributed by atoms with Crippen LogP contribution < -0.4 is 10.6 Å². The SMILES string of the molecule is CC(C)N1CCN(c2ccc(CN)c3ccccc23)CC1. The molecule has 3 nitrogen and oxygen atoms in total. The maximum absolute atomic E-state index is 5.88. The van der Waals surface area contributed by atoms with Crippen LogP contribution in [0.2, 0.25) is 0 Å². The van der Waals surface area contributed by atoms with E-state index in [0.29, 0.717) is 12.6 Å². The van der Waals surface area contributed by atoms with E-state index in [1.807, 2.05) is 0 Å². The summed E-state index contributed by atoms with van der Waals surface area (Å²) < 4.78 is 0. The number of nitrogens with zero attached hydrogens (tertiary/aromatic N) is 2. The average molecular weight is 283 g/mol. The molecule has 112 valence electrons. The minimum atomic E-state index is 0.599. The summed E-state index contributed by atoms with van der Waals surface area (Å²) in [6.07, 6.45) is 0. The van der Waals surface area contributed by atoms with E-state index in [9.17, 15) is 0 Å². The summed E-state index contributed by atoms with van der Waals surface area (Å²) in [5.41, 5.74) is 8.46. The van der Waals surface area contributed by atoms with E-state index < -0.39 is 0 Å². The molecule has 0 unspecified atom stereocenters. The van der Waals surface area contributed by atoms with Crippen molar-refractivity contribution >= 4 is 16.5 Å². The van der Waals surface area contributed by atoms with Gasteiger partial charge in [-0.1, -0.05) is 30.3 Å². The van der Waals surface area contributed by atoms with Gasteiger partial charge in [-0.25, -0.2) is 0 Å². The van der Waals surface area contributed by atoms with E-state index in [1.54, 1.807) is 0 Å². The van der Waals surface area contributed by atoms with E-state index >= 15 is 0 Å². The molecule has 0 amide bonds. The average Bonchev–Trinajstić information content (AvgIpc) is 2.54. The predicted octanol–water partition coefficient (Wildman–Crippen LogP) is 2.83. The molecule has 3 heteroatoms. The van der Waals surface area contributed by atoms with Crippen LogP contribution in [0.15, 0.2) is 36.4 Å². The third kappa shape index (κ3) is 2.76. The lowest BCUT2D eigenvalue weighted by Crippen LogP contribution is -2.48. The molecule has 2 aromatic carbocycles. The second kappa shape index (κ2) is 6.04. The Hall–Kier alpha value is -1.58. The van der Waals surface area contributed by atoms with Crippen molar-refractivity contribution in [1.29, 1.82) is 0 Å². The van der Waals surface area contributed by atoms with Crippen LogP contribution in [0.3, 0.4) is 0 Å². The molecule has 3 rings (SSSR count). The number of piperazine rings is 1. The Bertz CT molecular complexity index is 613. The third-order valence-electron chi connectivity index (χ3n) is 4.60. The fraction of sp³-hybridized carbons (Fsp3) is 0.444. The van der Waals surface area contributed by atoms with Crippen LogP contribution in [-0.2, 0) is 6.54 Å². The maximum Gasteiger partial charge on any atom is 0.0447 e. The molecular formula is C18H25N3. The van der Waals surface area contributed by atoms with Gasteiger partial charge in [0.25, 0.3) is 0 Å². The van der Waals surface area contributed by atoms with Gasteiger partial charge >= 0.3 is 0 Å². The highest BCUT2D eigenvalue weighted by molar-refractivity contribution is 5.96. The van der Waals surface area contributed by atoms with Crippen LogP contribution in [0.1, 0.15) is 19.4 Å². The van der Waals surface area contributed by atoms with E-state index in [0.717, 1.165) is 26.2 Å². The summed E-state index contributed by atoms with van der Waals surface area (Å²) in [6.45, 7) is 9.65. The molecule has 0 aliphatic carbocycles. The van der Waals surface area contributed by atoms with Crippen molar-refractivity contribution in [2.45, 2.75) is 26.4 Å². The fourth-order valence-corrected chi connectivity index (χ4v) is 3.28. The highest BCUT2D eigenvalue weighted by Crippen LogP contribution is 2.30. The zero-order valence-corrected chi connectivity index (χ0v) is 13.0. The molecule has 1 aliphatic heterocycles. The molecule has 0 bridgehead atoms. The summed E-state index contributed by atoms with van der Waals surface area (Å²) in [5.74, 6) is 0. The fourth-order valence-electron chi connectivity index (χ4n) is 3.28. The van der Waals surface area contributed by atoms with Gasteiger partial charge in [0, 0.05) is 49.8 Å². The molecule has 1 aliphatic rings. The number of anilines is 1. The zero-order chi connectivity index (χ0) is 14.8. The lowest BCUT2D eigenvalue weighted by Gasteiger charge is -2.38. The molecule has 1 saturated heterocycles. The largest absolute Gasteiger partial charge is 0.368 e. The van der Waals surface area contributed by atoms with Crippen molar-refractivity contribution in [2.24, 2.45) is 5.73 Å². The molecule has 0 aromatic heterocycles. The Morgan fingerprint density at radius 2 is 1.62 bits per heavy atom. The molecule has 0 atom stereocenters. The van der Waals surface area contributed by atoms with Crippen molar-refractivity contribution in [1.82, 2.24) is 4.90 Å². The lowest BCUT2D eigenvalue weighted by molar-refractivity contribution is 0.209. The molecule has 1 fully saturated rings. The van der Waals surface area contributed by atoms with Crippen molar-refractivity contribution in [3.63, 3.8) is 0 Å². The van der Waals surface area contributed by atoms with E-state index in [2.05, 4.69) is 60.0 Å². The third-order valence-corrected chi connectivity index (χ3v) is 4.60. The number of fused-ring (bicyclic) bond motifs is 1. The summed E-state index contributed by atoms with van der Waals surface area (Å²) >= 11 is 0. The number of benzene rings is 2. The molecule has 0 saturated carbocycles. The quantitative estimate of drug-likeness (QED) is 0.940. The molecule has 0 spiro atoms. The Morgan fingerprint density at radius 3 is 2.24 bits per heavy atom. The van der Waals surface area contributed by atoms with Crippen molar-refractivity contribution in [2.75, 3.05) is 31.1 Å². The van der Waals surface area contributed by atoms with Gasteiger partial charge < -0.3 is 10.6 Å². The first-order chi connectivity index (χ1) is 10.2. The van der Waals surface area contributed by atoms with Crippen LogP contribution in [0, 0.1) is 0 Å². The van der Waals surface area contributed by atoms with Gasteiger partial charge in [0.05, 0.1) is 0 Å². The second-order valence-electron chi connectivity index (χ2n) is 6.11. The first-order valence-corrected chi connectivity index (χ1v) is 7.90. The minimum absolute atomic E-state index is 0.599. The number of nitrogens with two attached hydrogens (primary N) is 1. The minimum Gasteiger partial charge on any atom is -0.368 e. The highest BCUT2D eigenvalue weighted by Gasteiger charge is 2.20. The lowest BCUT2D eigenvalue weighted by atomic mass is 10.0. The Labute approximate surface area is 127 Å². The summed E-state index contributed by atoms with van der Waals surface area (Å²) in [4.78, 5) is 5.06. The van der Waals surface area contributed by atoms with Crippen molar-refractivity contribution in [3.05, 3.63) is 42.0 Å². The number of hydrogen-bond donors (Lipinski definition) is 1. The van der Waals surface area contributed by atoms with Crippen LogP contribution in [0.25, 0.3) is 10.8 Å². The summed E-state index contributed by atoms with van der Waals surface area (Å²) in [7, 11) is 0. The van der Waals surface area contributed by atoms with Crippen LogP contribution in [-0.4, -0.2) is 37.1 Å². The number of rotatable bonds is 3. The molecule has 0 radical (unpaired) electrons. The van der Waals surface area contributed by atoms with Gasteiger partial charge in [0.1, 0.15) is 0 Å². The molecule has 2 aromatic rings. The van der Waals surface area contributed by atoms with E-state index in [4.69, 9.17) is 5.73 Å². The van der Waals surface area contributed by atoms with Gasteiger partial charge in [-0.2, -0.15) is 0 Å². The summed E-state index contributed by atoms with van der Waals surface area (Å²) in [5, 5.41) is 2.63. The maximum atomic E-state index is 5.88. The van der Waals surface area contributed by atoms with Crippen molar-refractivity contribution in [3.8, 4) is 0 Å². The Kier molecular flexibility index (Phi) is 4.13. The van der Waals surface area contributed by atoms with Crippen LogP contribution in [0.4, 0.5) is 5.69 Å². The van der Waals surface area contributed by atoms with Gasteiger partial charge in [-0.3, -0.25) is 4.90 Å². The zero-order valence-electron chi connectivity index (χ0n) is 13.0. The first kappa shape index (κ1) is 14.4. The van der Waals surface area contributed by atoms with Gasteiger partial charge in [0.15, 0.2) is 0 Å². The second-order valence-corrected chi connectivity index (χ2v) is 6.11. The van der Waals surface area contributed by atoms with Gasteiger partial charge in [-0.05, 0) is 30.9 Å². The Balaban J connectivity index is 1.92. The van der Waals surface area contributed by atoms with Crippen molar-refractivity contribution < 1.29 is 0 Å². The molecule has 21 heavy (non-hydrogen) atoms. The molecular weight excluding hydrogens is 258 g/mol. The molecule has 1 heterocycles. The van der Waals surface area contributed by atoms with Crippen LogP contribution in [0.5, 0.6) is 0 Å².